The number of rotatable bonds is 3. The van der Waals surface area contributed by atoms with Gasteiger partial charge in [0.2, 0.25) is 0 Å². The minimum absolute atomic E-state index is 0.0417. The van der Waals surface area contributed by atoms with Crippen LogP contribution in [0.3, 0.4) is 0 Å². The fraction of sp³-hybridized carbons (Fsp3) is 0.939. The Kier molecular flexibility index (Phi) is 17.7. The molecule has 0 bridgehead atoms. The number of Topliss-reactive ketones (excluding diaryl/α,β-unsaturated/α-hetero) is 2. The second-order valence-electron chi connectivity index (χ2n) is 14.6. The summed E-state index contributed by atoms with van der Waals surface area (Å²) >= 11 is 0. The van der Waals surface area contributed by atoms with Crippen molar-refractivity contribution in [1.82, 2.24) is 0 Å². The highest BCUT2D eigenvalue weighted by Gasteiger charge is 2.34. The van der Waals surface area contributed by atoms with Gasteiger partial charge < -0.3 is 9.47 Å². The van der Waals surface area contributed by atoms with E-state index in [-0.39, 0.29) is 27.9 Å². The van der Waals surface area contributed by atoms with Crippen molar-refractivity contribution in [3.63, 3.8) is 0 Å². The molecule has 2 aliphatic carbocycles. The molecule has 0 aliphatic heterocycles. The van der Waals surface area contributed by atoms with Gasteiger partial charge in [0.25, 0.3) is 0 Å². The highest BCUT2D eigenvalue weighted by molar-refractivity contribution is 5.86. The molecule has 0 radical (unpaired) electrons. The molecule has 0 aromatic heterocycles. The molecule has 2 aliphatic rings. The van der Waals surface area contributed by atoms with Gasteiger partial charge >= 0.3 is 0 Å². The van der Waals surface area contributed by atoms with Crippen LogP contribution in [0, 0.1) is 22.7 Å². The maximum Gasteiger partial charge on any atom is 0.141 e. The summed E-state index contributed by atoms with van der Waals surface area (Å²) in [5.74, 6) is 1.53. The van der Waals surface area contributed by atoms with Crippen LogP contribution in [0.5, 0.6) is 0 Å². The van der Waals surface area contributed by atoms with E-state index >= 15 is 0 Å². The van der Waals surface area contributed by atoms with Crippen LogP contribution in [-0.4, -0.2) is 36.0 Å². The third kappa shape index (κ3) is 19.0. The second-order valence-corrected chi connectivity index (χ2v) is 14.6. The summed E-state index contributed by atoms with van der Waals surface area (Å²) in [5.41, 5.74) is -0.337. The fourth-order valence-electron chi connectivity index (χ4n) is 4.53. The van der Waals surface area contributed by atoms with Crippen LogP contribution in [0.2, 0.25) is 0 Å². The normalized spacial score (nSPS) is 21.3. The second kappa shape index (κ2) is 17.1. The molecule has 2 rings (SSSR count). The van der Waals surface area contributed by atoms with Crippen molar-refractivity contribution in [2.45, 2.75) is 172 Å². The van der Waals surface area contributed by atoms with E-state index in [9.17, 15) is 9.59 Å². The Morgan fingerprint density at radius 1 is 0.541 bits per heavy atom. The predicted octanol–water partition coefficient (Wildman–Crippen LogP) is 9.61. The molecule has 0 aromatic carbocycles. The zero-order valence-corrected chi connectivity index (χ0v) is 27.7. The first kappa shape index (κ1) is 38.4. The molecular formula is C33H66O4. The van der Waals surface area contributed by atoms with E-state index < -0.39 is 0 Å². The zero-order chi connectivity index (χ0) is 29.7. The quantitative estimate of drug-likeness (QED) is 0.367. The summed E-state index contributed by atoms with van der Waals surface area (Å²) < 4.78 is 10.9. The molecule has 0 saturated heterocycles. The first-order valence-electron chi connectivity index (χ1n) is 15.0. The molecule has 4 nitrogen and oxygen atoms in total. The topological polar surface area (TPSA) is 52.6 Å². The van der Waals surface area contributed by atoms with Crippen molar-refractivity contribution in [1.29, 1.82) is 0 Å². The summed E-state index contributed by atoms with van der Waals surface area (Å²) in [7, 11) is 1.71. The number of ketones is 2. The van der Waals surface area contributed by atoms with Gasteiger partial charge in [-0.25, -0.2) is 0 Å². The van der Waals surface area contributed by atoms with Crippen LogP contribution in [0.15, 0.2) is 0 Å². The molecule has 0 unspecified atom stereocenters. The Hall–Kier alpha value is -0.740. The van der Waals surface area contributed by atoms with Gasteiger partial charge in [0.15, 0.2) is 0 Å². The van der Waals surface area contributed by atoms with E-state index in [0.29, 0.717) is 23.6 Å². The number of ether oxygens (including phenoxy) is 2. The highest BCUT2D eigenvalue weighted by atomic mass is 16.5. The molecule has 0 heterocycles. The summed E-state index contributed by atoms with van der Waals surface area (Å²) in [6.07, 6.45) is 10.5. The monoisotopic (exact) mass is 526 g/mol. The van der Waals surface area contributed by atoms with Crippen LogP contribution in [0.4, 0.5) is 0 Å². The lowest BCUT2D eigenvalue weighted by atomic mass is 9.75. The average molecular weight is 527 g/mol. The first-order chi connectivity index (χ1) is 16.7. The summed E-state index contributed by atoms with van der Waals surface area (Å²) in [4.78, 5) is 24.0. The van der Waals surface area contributed by atoms with Gasteiger partial charge in [-0.2, -0.15) is 0 Å². The Morgan fingerprint density at radius 2 is 0.865 bits per heavy atom. The SMILES string of the molecule is CC.CC(C)(C)C(=O)C1CCCCC1.CC(C)(C)OC1CCC(C(=O)C(C)(C)C)CC1.COC(C)(C)C. The van der Waals surface area contributed by atoms with Crippen LogP contribution < -0.4 is 0 Å². The molecular weight excluding hydrogens is 460 g/mol. The molecule has 37 heavy (non-hydrogen) atoms. The van der Waals surface area contributed by atoms with E-state index in [1.165, 1.54) is 19.3 Å². The third-order valence-electron chi connectivity index (χ3n) is 6.63. The van der Waals surface area contributed by atoms with E-state index in [1.54, 1.807) is 7.11 Å². The summed E-state index contributed by atoms with van der Waals surface area (Å²) in [6, 6.07) is 0. The van der Waals surface area contributed by atoms with Crippen molar-refractivity contribution in [2.24, 2.45) is 22.7 Å². The van der Waals surface area contributed by atoms with Crippen molar-refractivity contribution in [2.75, 3.05) is 7.11 Å². The Labute approximate surface area is 232 Å². The van der Waals surface area contributed by atoms with Crippen molar-refractivity contribution in [3.05, 3.63) is 0 Å². The molecule has 2 saturated carbocycles. The first-order valence-corrected chi connectivity index (χ1v) is 15.0. The fourth-order valence-corrected chi connectivity index (χ4v) is 4.53. The smallest absolute Gasteiger partial charge is 0.141 e. The number of hydrogen-bond acceptors (Lipinski definition) is 4. The number of carbonyl (C=O) groups excluding carboxylic acids is 2. The van der Waals surface area contributed by atoms with Crippen LogP contribution in [0.25, 0.3) is 0 Å². The average Bonchev–Trinajstić information content (AvgIpc) is 2.78. The van der Waals surface area contributed by atoms with Gasteiger partial charge in [0, 0.05) is 29.8 Å². The highest BCUT2D eigenvalue weighted by Crippen LogP contribution is 2.34. The summed E-state index contributed by atoms with van der Waals surface area (Å²) in [6.45, 7) is 28.5. The van der Waals surface area contributed by atoms with Gasteiger partial charge in [0.1, 0.15) is 11.6 Å². The number of carbonyl (C=O) groups is 2. The lowest BCUT2D eigenvalue weighted by Crippen LogP contribution is -2.35. The molecule has 0 aromatic rings. The Morgan fingerprint density at radius 3 is 1.14 bits per heavy atom. The van der Waals surface area contributed by atoms with E-state index in [1.807, 2.05) is 76.2 Å². The van der Waals surface area contributed by atoms with E-state index in [0.717, 1.165) is 38.5 Å². The van der Waals surface area contributed by atoms with Gasteiger partial charge in [-0.3, -0.25) is 9.59 Å². The largest absolute Gasteiger partial charge is 0.379 e. The molecule has 0 atom stereocenters. The van der Waals surface area contributed by atoms with E-state index in [4.69, 9.17) is 9.47 Å². The number of methoxy groups -OCH3 is 1. The zero-order valence-electron chi connectivity index (χ0n) is 27.7. The Balaban J connectivity index is 0. The van der Waals surface area contributed by atoms with Gasteiger partial charge in [0.05, 0.1) is 17.3 Å². The maximum atomic E-state index is 12.2. The minimum Gasteiger partial charge on any atom is -0.379 e. The van der Waals surface area contributed by atoms with Crippen LogP contribution in [-0.2, 0) is 19.1 Å². The molecule has 0 amide bonds. The van der Waals surface area contributed by atoms with E-state index in [2.05, 4.69) is 20.8 Å². The Bertz CT molecular complexity index is 609. The minimum atomic E-state index is -0.192. The van der Waals surface area contributed by atoms with Gasteiger partial charge in [-0.15, -0.1) is 0 Å². The third-order valence-corrected chi connectivity index (χ3v) is 6.63. The van der Waals surface area contributed by atoms with Crippen molar-refractivity contribution < 1.29 is 19.1 Å². The number of hydrogen-bond donors (Lipinski definition) is 0. The molecule has 0 spiro atoms. The van der Waals surface area contributed by atoms with Gasteiger partial charge in [-0.05, 0) is 80.1 Å². The van der Waals surface area contributed by atoms with Crippen LogP contribution >= 0.6 is 0 Å². The standard InChI is InChI=1S/C15H28O2.C11H20O.C5H12O.C2H6/c1-14(2,3)13(16)11-7-9-12(10-8-11)17-15(4,5)6;1-11(2,3)10(12)9-7-5-4-6-8-9;1-5(2,3)6-4;1-2/h11-12H,7-10H2,1-6H3;9H,4-8H2,1-3H3;1-4H3;1-2H3. The molecule has 0 N–H and O–H groups in total. The predicted molar refractivity (Wildman–Crippen MR) is 160 cm³/mol. The molecule has 4 heteroatoms. The summed E-state index contributed by atoms with van der Waals surface area (Å²) in [5, 5.41) is 0. The van der Waals surface area contributed by atoms with Crippen molar-refractivity contribution >= 4 is 11.6 Å². The van der Waals surface area contributed by atoms with Crippen molar-refractivity contribution in [3.8, 4) is 0 Å². The van der Waals surface area contributed by atoms with Crippen LogP contribution in [0.1, 0.15) is 155 Å². The molecule has 222 valence electrons. The lowest BCUT2D eigenvalue weighted by Gasteiger charge is -2.34. The van der Waals surface area contributed by atoms with Gasteiger partial charge in [-0.1, -0.05) is 74.7 Å². The lowest BCUT2D eigenvalue weighted by molar-refractivity contribution is -0.134. The molecule has 2 fully saturated rings. The maximum absolute atomic E-state index is 12.2.